The average molecular weight is 306 g/mol. The molecule has 0 atom stereocenters. The Bertz CT molecular complexity index is 904. The molecule has 0 spiro atoms. The van der Waals surface area contributed by atoms with Crippen LogP contribution in [0.25, 0.3) is 16.6 Å². The molecule has 0 aliphatic carbocycles. The van der Waals surface area contributed by atoms with Crippen molar-refractivity contribution in [2.45, 2.75) is 6.18 Å². The highest BCUT2D eigenvalue weighted by Gasteiger charge is 2.31. The number of alkyl halides is 3. The Morgan fingerprint density at radius 3 is 2.64 bits per heavy atom. The molecule has 0 aliphatic heterocycles. The zero-order chi connectivity index (χ0) is 15.9. The van der Waals surface area contributed by atoms with Crippen molar-refractivity contribution in [3.63, 3.8) is 0 Å². The SMILES string of the molecule is Nc1nc(=O)c(-c2cccnc2)c2cc(C(F)(F)F)ccn12. The predicted octanol–water partition coefficient (Wildman–Crippen LogP) is 2.36. The van der Waals surface area contributed by atoms with E-state index in [4.69, 9.17) is 5.73 Å². The number of pyridine rings is 2. The van der Waals surface area contributed by atoms with Gasteiger partial charge in [0.05, 0.1) is 16.6 Å². The van der Waals surface area contributed by atoms with E-state index in [-0.39, 0.29) is 17.0 Å². The number of hydrogen-bond acceptors (Lipinski definition) is 4. The molecule has 0 aromatic carbocycles. The average Bonchev–Trinajstić information content (AvgIpc) is 2.47. The maximum Gasteiger partial charge on any atom is 0.416 e. The summed E-state index contributed by atoms with van der Waals surface area (Å²) in [6.45, 7) is 0. The van der Waals surface area contributed by atoms with Gasteiger partial charge in [0.2, 0.25) is 5.95 Å². The van der Waals surface area contributed by atoms with Crippen LogP contribution < -0.4 is 11.3 Å². The van der Waals surface area contributed by atoms with Crippen molar-refractivity contribution < 1.29 is 13.2 Å². The minimum atomic E-state index is -4.53. The van der Waals surface area contributed by atoms with E-state index in [2.05, 4.69) is 9.97 Å². The van der Waals surface area contributed by atoms with Gasteiger partial charge in [-0.15, -0.1) is 0 Å². The summed E-state index contributed by atoms with van der Waals surface area (Å²) in [4.78, 5) is 19.6. The molecule has 5 nitrogen and oxygen atoms in total. The van der Waals surface area contributed by atoms with Gasteiger partial charge in [0.25, 0.3) is 5.56 Å². The van der Waals surface area contributed by atoms with Gasteiger partial charge in [0.15, 0.2) is 0 Å². The molecule has 3 aromatic rings. The van der Waals surface area contributed by atoms with E-state index < -0.39 is 17.3 Å². The number of hydrogen-bond donors (Lipinski definition) is 1. The molecule has 0 fully saturated rings. The third-order valence-corrected chi connectivity index (χ3v) is 3.17. The summed E-state index contributed by atoms with van der Waals surface area (Å²) in [5, 5.41) is 0. The van der Waals surface area contributed by atoms with E-state index >= 15 is 0 Å². The lowest BCUT2D eigenvalue weighted by Crippen LogP contribution is -2.17. The summed E-state index contributed by atoms with van der Waals surface area (Å²) in [7, 11) is 0. The van der Waals surface area contributed by atoms with E-state index in [0.717, 1.165) is 18.3 Å². The van der Waals surface area contributed by atoms with E-state index in [1.807, 2.05) is 0 Å². The van der Waals surface area contributed by atoms with Gasteiger partial charge in [-0.05, 0) is 18.2 Å². The van der Waals surface area contributed by atoms with Crippen LogP contribution in [0.4, 0.5) is 19.1 Å². The number of nitrogens with zero attached hydrogens (tertiary/aromatic N) is 3. The smallest absolute Gasteiger partial charge is 0.369 e. The Hall–Kier alpha value is -2.90. The quantitative estimate of drug-likeness (QED) is 0.749. The fraction of sp³-hybridized carbons (Fsp3) is 0.0714. The Morgan fingerprint density at radius 2 is 2.00 bits per heavy atom. The van der Waals surface area contributed by atoms with Crippen molar-refractivity contribution in [1.29, 1.82) is 0 Å². The molecular weight excluding hydrogens is 297 g/mol. The zero-order valence-corrected chi connectivity index (χ0v) is 11.0. The lowest BCUT2D eigenvalue weighted by molar-refractivity contribution is -0.137. The highest BCUT2D eigenvalue weighted by molar-refractivity contribution is 5.80. The molecule has 0 radical (unpaired) electrons. The summed E-state index contributed by atoms with van der Waals surface area (Å²) in [5.41, 5.74) is 4.46. The lowest BCUT2D eigenvalue weighted by atomic mass is 10.1. The van der Waals surface area contributed by atoms with Gasteiger partial charge in [0, 0.05) is 24.2 Å². The molecule has 0 saturated heterocycles. The molecule has 3 rings (SSSR count). The first-order valence-corrected chi connectivity index (χ1v) is 6.17. The second-order valence-corrected chi connectivity index (χ2v) is 4.56. The van der Waals surface area contributed by atoms with Gasteiger partial charge in [0.1, 0.15) is 0 Å². The molecule has 3 aromatic heterocycles. The second kappa shape index (κ2) is 4.83. The number of aromatic nitrogens is 3. The van der Waals surface area contributed by atoms with Gasteiger partial charge in [-0.3, -0.25) is 14.2 Å². The Balaban J connectivity index is 2.42. The van der Waals surface area contributed by atoms with Crippen molar-refractivity contribution in [3.05, 3.63) is 58.8 Å². The van der Waals surface area contributed by atoms with Gasteiger partial charge in [-0.25, -0.2) is 0 Å². The molecule has 2 N–H and O–H groups in total. The second-order valence-electron chi connectivity index (χ2n) is 4.56. The largest absolute Gasteiger partial charge is 0.416 e. The third kappa shape index (κ3) is 2.28. The number of rotatable bonds is 1. The van der Waals surface area contributed by atoms with E-state index in [0.29, 0.717) is 5.56 Å². The van der Waals surface area contributed by atoms with Crippen LogP contribution in [0.3, 0.4) is 0 Å². The first kappa shape index (κ1) is 14.1. The summed E-state index contributed by atoms with van der Waals surface area (Å²) >= 11 is 0. The highest BCUT2D eigenvalue weighted by atomic mass is 19.4. The van der Waals surface area contributed by atoms with E-state index in [9.17, 15) is 18.0 Å². The lowest BCUT2D eigenvalue weighted by Gasteiger charge is -2.12. The molecule has 0 bridgehead atoms. The topological polar surface area (TPSA) is 73.3 Å². The third-order valence-electron chi connectivity index (χ3n) is 3.17. The molecule has 0 aliphatic rings. The fourth-order valence-corrected chi connectivity index (χ4v) is 2.17. The van der Waals surface area contributed by atoms with Crippen LogP contribution in [-0.4, -0.2) is 14.4 Å². The van der Waals surface area contributed by atoms with Gasteiger partial charge >= 0.3 is 6.18 Å². The summed E-state index contributed by atoms with van der Waals surface area (Å²) < 4.78 is 39.9. The van der Waals surface area contributed by atoms with Crippen molar-refractivity contribution in [2.75, 3.05) is 5.73 Å². The number of nitrogen functional groups attached to an aromatic ring is 1. The first-order chi connectivity index (χ1) is 10.4. The van der Waals surface area contributed by atoms with Crippen LogP contribution in [0.2, 0.25) is 0 Å². The zero-order valence-electron chi connectivity index (χ0n) is 11.0. The molecule has 8 heteroatoms. The maximum atomic E-state index is 12.9. The van der Waals surface area contributed by atoms with Crippen LogP contribution in [0, 0.1) is 0 Å². The van der Waals surface area contributed by atoms with E-state index in [1.54, 1.807) is 12.1 Å². The van der Waals surface area contributed by atoms with Crippen molar-refractivity contribution in [1.82, 2.24) is 14.4 Å². The first-order valence-electron chi connectivity index (χ1n) is 6.17. The molecule has 3 heterocycles. The molecule has 0 amide bonds. The number of anilines is 1. The Kier molecular flexibility index (Phi) is 3.09. The van der Waals surface area contributed by atoms with Gasteiger partial charge in [-0.2, -0.15) is 18.2 Å². The molecule has 112 valence electrons. The summed E-state index contributed by atoms with van der Waals surface area (Å²) in [6.07, 6.45) is -0.508. The van der Waals surface area contributed by atoms with Crippen LogP contribution in [0.1, 0.15) is 5.56 Å². The monoisotopic (exact) mass is 306 g/mol. The maximum absolute atomic E-state index is 12.9. The minimum Gasteiger partial charge on any atom is -0.369 e. The van der Waals surface area contributed by atoms with Gasteiger partial charge in [-0.1, -0.05) is 6.07 Å². The number of halogens is 3. The standard InChI is InChI=1S/C14H9F3N4O/c15-14(16,17)9-3-5-21-10(6-9)11(12(22)20-13(21)18)8-2-1-4-19-7-8/h1-7H,(H2,18,20,22). The van der Waals surface area contributed by atoms with Crippen LogP contribution >= 0.6 is 0 Å². The van der Waals surface area contributed by atoms with Crippen LogP contribution in [-0.2, 0) is 6.18 Å². The molecule has 0 saturated carbocycles. The number of fused-ring (bicyclic) bond motifs is 1. The summed E-state index contributed by atoms with van der Waals surface area (Å²) in [6, 6.07) is 4.90. The molecular formula is C14H9F3N4O. The normalized spacial score (nSPS) is 11.8. The highest BCUT2D eigenvalue weighted by Crippen LogP contribution is 2.31. The summed E-state index contributed by atoms with van der Waals surface area (Å²) in [5.74, 6) is -0.179. The van der Waals surface area contributed by atoms with Crippen LogP contribution in [0.5, 0.6) is 0 Å². The minimum absolute atomic E-state index is 0.0217. The number of nitrogens with two attached hydrogens (primary N) is 1. The van der Waals surface area contributed by atoms with Crippen LogP contribution in [0.15, 0.2) is 47.7 Å². The molecule has 0 unspecified atom stereocenters. The van der Waals surface area contributed by atoms with Crippen molar-refractivity contribution in [2.24, 2.45) is 0 Å². The predicted molar refractivity (Wildman–Crippen MR) is 74.1 cm³/mol. The fourth-order valence-electron chi connectivity index (χ4n) is 2.17. The molecule has 22 heavy (non-hydrogen) atoms. The van der Waals surface area contributed by atoms with Crippen molar-refractivity contribution >= 4 is 11.5 Å². The van der Waals surface area contributed by atoms with Crippen molar-refractivity contribution in [3.8, 4) is 11.1 Å². The van der Waals surface area contributed by atoms with Gasteiger partial charge < -0.3 is 5.73 Å². The Morgan fingerprint density at radius 1 is 1.23 bits per heavy atom. The Labute approximate surface area is 121 Å². The van der Waals surface area contributed by atoms with E-state index in [1.165, 1.54) is 16.8 Å².